The molecule has 0 aromatic heterocycles. The quantitative estimate of drug-likeness (QED) is 0.905. The molecular formula is C13H10ClNO2. The van der Waals surface area contributed by atoms with E-state index >= 15 is 0 Å². The molecule has 2 rings (SSSR count). The van der Waals surface area contributed by atoms with Gasteiger partial charge in [-0.25, -0.2) is 0 Å². The molecule has 2 N–H and O–H groups in total. The average molecular weight is 248 g/mol. The number of hydrogen-bond acceptors (Lipinski definition) is 2. The van der Waals surface area contributed by atoms with Gasteiger partial charge in [0.05, 0.1) is 5.56 Å². The van der Waals surface area contributed by atoms with Gasteiger partial charge in [0.2, 0.25) is 0 Å². The van der Waals surface area contributed by atoms with Crippen LogP contribution in [-0.2, 0) is 0 Å². The lowest BCUT2D eigenvalue weighted by molar-refractivity contribution is 0.0998. The fourth-order valence-electron chi connectivity index (χ4n) is 1.39. The highest BCUT2D eigenvalue weighted by Gasteiger charge is 2.08. The molecule has 0 aliphatic rings. The SMILES string of the molecule is NC(=O)c1ccccc1Oc1ccc(Cl)cc1. The van der Waals surface area contributed by atoms with Crippen molar-refractivity contribution in [3.8, 4) is 11.5 Å². The van der Waals surface area contributed by atoms with Crippen LogP contribution >= 0.6 is 11.6 Å². The van der Waals surface area contributed by atoms with Crippen LogP contribution < -0.4 is 10.5 Å². The highest BCUT2D eigenvalue weighted by Crippen LogP contribution is 2.25. The van der Waals surface area contributed by atoms with Gasteiger partial charge in [-0.1, -0.05) is 23.7 Å². The van der Waals surface area contributed by atoms with Crippen LogP contribution in [0.3, 0.4) is 0 Å². The number of carbonyl (C=O) groups is 1. The molecule has 0 fully saturated rings. The van der Waals surface area contributed by atoms with Crippen LogP contribution in [0, 0.1) is 0 Å². The first-order chi connectivity index (χ1) is 8.16. The van der Waals surface area contributed by atoms with Crippen LogP contribution in [0.1, 0.15) is 10.4 Å². The van der Waals surface area contributed by atoms with E-state index in [1.165, 1.54) is 0 Å². The van der Waals surface area contributed by atoms with Gasteiger partial charge in [0, 0.05) is 5.02 Å². The molecule has 0 aliphatic carbocycles. The Bertz CT molecular complexity index is 537. The van der Waals surface area contributed by atoms with Crippen molar-refractivity contribution in [2.75, 3.05) is 0 Å². The predicted molar refractivity (Wildman–Crippen MR) is 66.5 cm³/mol. The Morgan fingerprint density at radius 3 is 2.35 bits per heavy atom. The summed E-state index contributed by atoms with van der Waals surface area (Å²) in [5, 5.41) is 0.625. The summed E-state index contributed by atoms with van der Waals surface area (Å²) in [5.41, 5.74) is 5.60. The van der Waals surface area contributed by atoms with Gasteiger partial charge in [0.15, 0.2) is 0 Å². The predicted octanol–water partition coefficient (Wildman–Crippen LogP) is 3.23. The summed E-state index contributed by atoms with van der Waals surface area (Å²) in [5.74, 6) is 0.514. The van der Waals surface area contributed by atoms with E-state index in [0.29, 0.717) is 22.1 Å². The van der Waals surface area contributed by atoms with Crippen LogP contribution in [0.25, 0.3) is 0 Å². The number of hydrogen-bond donors (Lipinski definition) is 1. The normalized spacial score (nSPS) is 9.94. The number of halogens is 1. The lowest BCUT2D eigenvalue weighted by Gasteiger charge is -2.08. The van der Waals surface area contributed by atoms with E-state index in [9.17, 15) is 4.79 Å². The van der Waals surface area contributed by atoms with Crippen molar-refractivity contribution in [1.82, 2.24) is 0 Å². The Kier molecular flexibility index (Phi) is 3.30. The molecule has 0 saturated carbocycles. The summed E-state index contributed by atoms with van der Waals surface area (Å²) in [7, 11) is 0. The Morgan fingerprint density at radius 1 is 1.06 bits per heavy atom. The van der Waals surface area contributed by atoms with Gasteiger partial charge < -0.3 is 10.5 Å². The fraction of sp³-hybridized carbons (Fsp3) is 0. The molecule has 0 unspecified atom stereocenters. The van der Waals surface area contributed by atoms with E-state index in [2.05, 4.69) is 0 Å². The molecule has 0 atom stereocenters. The summed E-state index contributed by atoms with van der Waals surface area (Å²) in [6.07, 6.45) is 0. The standard InChI is InChI=1S/C13H10ClNO2/c14-9-5-7-10(8-6-9)17-12-4-2-1-3-11(12)13(15)16/h1-8H,(H2,15,16). The number of benzene rings is 2. The Balaban J connectivity index is 2.30. The molecule has 86 valence electrons. The molecule has 2 aromatic rings. The second-order valence-corrected chi connectivity index (χ2v) is 3.85. The third-order valence-electron chi connectivity index (χ3n) is 2.19. The first kappa shape index (κ1) is 11.5. The number of nitrogens with two attached hydrogens (primary N) is 1. The molecule has 1 amide bonds. The van der Waals surface area contributed by atoms with Crippen LogP contribution in [0.2, 0.25) is 5.02 Å². The lowest BCUT2D eigenvalue weighted by Crippen LogP contribution is -2.11. The molecule has 0 spiro atoms. The maximum Gasteiger partial charge on any atom is 0.252 e. The summed E-state index contributed by atoms with van der Waals surface area (Å²) < 4.78 is 5.57. The summed E-state index contributed by atoms with van der Waals surface area (Å²) in [6, 6.07) is 13.7. The molecule has 0 radical (unpaired) electrons. The van der Waals surface area contributed by atoms with Crippen LogP contribution in [0.4, 0.5) is 0 Å². The topological polar surface area (TPSA) is 52.3 Å². The van der Waals surface area contributed by atoms with Gasteiger partial charge in [-0.05, 0) is 36.4 Å². The molecule has 0 aliphatic heterocycles. The molecule has 0 saturated heterocycles. The maximum atomic E-state index is 11.2. The number of primary amides is 1. The van der Waals surface area contributed by atoms with Gasteiger partial charge in [0.1, 0.15) is 11.5 Å². The summed E-state index contributed by atoms with van der Waals surface area (Å²) in [4.78, 5) is 11.2. The molecule has 4 heteroatoms. The smallest absolute Gasteiger partial charge is 0.252 e. The minimum absolute atomic E-state index is 0.349. The Labute approximate surface area is 104 Å². The van der Waals surface area contributed by atoms with Crippen LogP contribution in [-0.4, -0.2) is 5.91 Å². The van der Waals surface area contributed by atoms with Gasteiger partial charge >= 0.3 is 0 Å². The maximum absolute atomic E-state index is 11.2. The number of carbonyl (C=O) groups excluding carboxylic acids is 1. The monoisotopic (exact) mass is 247 g/mol. The zero-order valence-corrected chi connectivity index (χ0v) is 9.65. The van der Waals surface area contributed by atoms with Gasteiger partial charge in [-0.15, -0.1) is 0 Å². The van der Waals surface area contributed by atoms with Crippen molar-refractivity contribution in [3.63, 3.8) is 0 Å². The van der Waals surface area contributed by atoms with E-state index in [1.807, 2.05) is 0 Å². The fourth-order valence-corrected chi connectivity index (χ4v) is 1.51. The van der Waals surface area contributed by atoms with Crippen molar-refractivity contribution >= 4 is 17.5 Å². The molecule has 2 aromatic carbocycles. The third-order valence-corrected chi connectivity index (χ3v) is 2.45. The van der Waals surface area contributed by atoms with Crippen molar-refractivity contribution < 1.29 is 9.53 Å². The highest BCUT2D eigenvalue weighted by molar-refractivity contribution is 6.30. The molecule has 0 bridgehead atoms. The van der Waals surface area contributed by atoms with Crippen molar-refractivity contribution in [2.24, 2.45) is 5.73 Å². The largest absolute Gasteiger partial charge is 0.457 e. The van der Waals surface area contributed by atoms with Crippen molar-refractivity contribution in [1.29, 1.82) is 0 Å². The highest BCUT2D eigenvalue weighted by atomic mass is 35.5. The molecule has 17 heavy (non-hydrogen) atoms. The first-order valence-electron chi connectivity index (χ1n) is 4.99. The molecule has 0 heterocycles. The second kappa shape index (κ2) is 4.89. The number of amides is 1. The first-order valence-corrected chi connectivity index (χ1v) is 5.37. The van der Waals surface area contributed by atoms with E-state index in [-0.39, 0.29) is 0 Å². The van der Waals surface area contributed by atoms with Crippen molar-refractivity contribution in [3.05, 3.63) is 59.1 Å². The van der Waals surface area contributed by atoms with Gasteiger partial charge in [-0.2, -0.15) is 0 Å². The Morgan fingerprint density at radius 2 is 1.71 bits per heavy atom. The Hall–Kier alpha value is -2.00. The number of rotatable bonds is 3. The van der Waals surface area contributed by atoms with E-state index < -0.39 is 5.91 Å². The molecular weight excluding hydrogens is 238 g/mol. The third kappa shape index (κ3) is 2.77. The zero-order valence-electron chi connectivity index (χ0n) is 8.89. The van der Waals surface area contributed by atoms with E-state index in [0.717, 1.165) is 0 Å². The zero-order chi connectivity index (χ0) is 12.3. The summed E-state index contributed by atoms with van der Waals surface area (Å²) >= 11 is 5.77. The second-order valence-electron chi connectivity index (χ2n) is 3.42. The molecule has 3 nitrogen and oxygen atoms in total. The van der Waals surface area contributed by atoms with Crippen molar-refractivity contribution in [2.45, 2.75) is 0 Å². The van der Waals surface area contributed by atoms with E-state index in [1.54, 1.807) is 48.5 Å². The van der Waals surface area contributed by atoms with E-state index in [4.69, 9.17) is 22.1 Å². The minimum atomic E-state index is -0.519. The minimum Gasteiger partial charge on any atom is -0.457 e. The summed E-state index contributed by atoms with van der Waals surface area (Å²) in [6.45, 7) is 0. The van der Waals surface area contributed by atoms with Gasteiger partial charge in [-0.3, -0.25) is 4.79 Å². The van der Waals surface area contributed by atoms with Gasteiger partial charge in [0.25, 0.3) is 5.91 Å². The van der Waals surface area contributed by atoms with Crippen LogP contribution in [0.5, 0.6) is 11.5 Å². The average Bonchev–Trinajstić information content (AvgIpc) is 2.32. The lowest BCUT2D eigenvalue weighted by atomic mass is 10.2. The number of para-hydroxylation sites is 1. The number of ether oxygens (including phenoxy) is 1. The van der Waals surface area contributed by atoms with Crippen LogP contribution in [0.15, 0.2) is 48.5 Å².